The van der Waals surface area contributed by atoms with E-state index in [2.05, 4.69) is 31.3 Å². The maximum atomic E-state index is 9.23. The van der Waals surface area contributed by atoms with Crippen molar-refractivity contribution in [2.45, 2.75) is 32.7 Å². The number of aliphatic hydroxyl groups is 1. The molecular weight excluding hydrogens is 194 g/mol. The van der Waals surface area contributed by atoms with Crippen molar-refractivity contribution in [3.05, 3.63) is 21.9 Å². The third-order valence-electron chi connectivity index (χ3n) is 2.20. The largest absolute Gasteiger partial charge is 0.394 e. The van der Waals surface area contributed by atoms with Crippen LogP contribution in [0.1, 0.15) is 36.1 Å². The van der Waals surface area contributed by atoms with E-state index in [4.69, 9.17) is 0 Å². The van der Waals surface area contributed by atoms with Gasteiger partial charge in [-0.3, -0.25) is 0 Å². The summed E-state index contributed by atoms with van der Waals surface area (Å²) in [6.07, 6.45) is 2.18. The Bertz CT molecular complexity index is 260. The lowest BCUT2D eigenvalue weighted by molar-refractivity contribution is 0.247. The van der Waals surface area contributed by atoms with Crippen LogP contribution in [0.15, 0.2) is 12.1 Å². The van der Waals surface area contributed by atoms with Crippen molar-refractivity contribution >= 4 is 11.3 Å². The van der Waals surface area contributed by atoms with Crippen LogP contribution in [0.5, 0.6) is 0 Å². The van der Waals surface area contributed by atoms with Gasteiger partial charge in [0.15, 0.2) is 0 Å². The summed E-state index contributed by atoms with van der Waals surface area (Å²) in [5.41, 5.74) is 0. The summed E-state index contributed by atoms with van der Waals surface area (Å²) in [7, 11) is 0. The van der Waals surface area contributed by atoms with E-state index in [1.807, 2.05) is 0 Å². The fraction of sp³-hybridized carbons (Fsp3) is 0.636. The highest BCUT2D eigenvalue weighted by molar-refractivity contribution is 7.12. The lowest BCUT2D eigenvalue weighted by Gasteiger charge is -2.13. The maximum Gasteiger partial charge on any atom is 0.0649 e. The van der Waals surface area contributed by atoms with Gasteiger partial charge in [0.25, 0.3) is 0 Å². The molecule has 1 heterocycles. The fourth-order valence-corrected chi connectivity index (χ4v) is 2.36. The van der Waals surface area contributed by atoms with Crippen LogP contribution in [0.3, 0.4) is 0 Å². The van der Waals surface area contributed by atoms with Gasteiger partial charge in [-0.2, -0.15) is 0 Å². The molecule has 0 aliphatic carbocycles. The van der Waals surface area contributed by atoms with Crippen molar-refractivity contribution in [1.82, 2.24) is 5.32 Å². The van der Waals surface area contributed by atoms with Gasteiger partial charge in [-0.1, -0.05) is 13.8 Å². The molecule has 2 N–H and O–H groups in total. The standard InChI is InChI=1S/C11H19NOS/c1-3-7-12-10(8-13)11-6-5-9(4-2)14-11/h5-6,10,12-13H,3-4,7-8H2,1-2H3. The number of aliphatic hydroxyl groups excluding tert-OH is 1. The van der Waals surface area contributed by atoms with Gasteiger partial charge >= 0.3 is 0 Å². The molecular formula is C11H19NOS. The molecule has 0 aliphatic rings. The van der Waals surface area contributed by atoms with Crippen LogP contribution >= 0.6 is 11.3 Å². The second-order valence-corrected chi connectivity index (χ2v) is 4.55. The Balaban J connectivity index is 2.58. The zero-order valence-corrected chi connectivity index (χ0v) is 9.73. The lowest BCUT2D eigenvalue weighted by atomic mass is 10.2. The lowest BCUT2D eigenvalue weighted by Crippen LogP contribution is -2.24. The Morgan fingerprint density at radius 2 is 2.21 bits per heavy atom. The summed E-state index contributed by atoms with van der Waals surface area (Å²) in [6.45, 7) is 5.44. The molecule has 0 saturated carbocycles. The summed E-state index contributed by atoms with van der Waals surface area (Å²) in [4.78, 5) is 2.63. The van der Waals surface area contributed by atoms with E-state index in [0.717, 1.165) is 19.4 Å². The van der Waals surface area contributed by atoms with Crippen molar-refractivity contribution in [2.24, 2.45) is 0 Å². The summed E-state index contributed by atoms with van der Waals surface area (Å²) in [5.74, 6) is 0. The highest BCUT2D eigenvalue weighted by Gasteiger charge is 2.10. The van der Waals surface area contributed by atoms with Gasteiger partial charge in [-0.25, -0.2) is 0 Å². The SMILES string of the molecule is CCCNC(CO)c1ccc(CC)s1. The fourth-order valence-electron chi connectivity index (χ4n) is 1.35. The van der Waals surface area contributed by atoms with Gasteiger partial charge in [-0.05, 0) is 31.5 Å². The van der Waals surface area contributed by atoms with Crippen LogP contribution in [0.25, 0.3) is 0 Å². The molecule has 0 spiro atoms. The van der Waals surface area contributed by atoms with Crippen molar-refractivity contribution in [3.63, 3.8) is 0 Å². The van der Waals surface area contributed by atoms with Crippen LogP contribution in [0.2, 0.25) is 0 Å². The number of thiophene rings is 1. The molecule has 0 fully saturated rings. The predicted molar refractivity (Wildman–Crippen MR) is 61.8 cm³/mol. The molecule has 0 saturated heterocycles. The number of rotatable bonds is 6. The van der Waals surface area contributed by atoms with E-state index >= 15 is 0 Å². The van der Waals surface area contributed by atoms with E-state index in [9.17, 15) is 5.11 Å². The molecule has 0 bridgehead atoms. The van der Waals surface area contributed by atoms with Crippen LogP contribution in [-0.4, -0.2) is 18.3 Å². The zero-order chi connectivity index (χ0) is 10.4. The number of hydrogen-bond acceptors (Lipinski definition) is 3. The van der Waals surface area contributed by atoms with Crippen LogP contribution in [0, 0.1) is 0 Å². The monoisotopic (exact) mass is 213 g/mol. The van der Waals surface area contributed by atoms with Crippen molar-refractivity contribution in [2.75, 3.05) is 13.2 Å². The van der Waals surface area contributed by atoms with Crippen molar-refractivity contribution in [1.29, 1.82) is 0 Å². The average Bonchev–Trinajstić information content (AvgIpc) is 2.68. The van der Waals surface area contributed by atoms with Gasteiger partial charge < -0.3 is 10.4 Å². The van der Waals surface area contributed by atoms with Crippen molar-refractivity contribution in [3.8, 4) is 0 Å². The minimum atomic E-state index is 0.125. The van der Waals surface area contributed by atoms with Gasteiger partial charge in [0.05, 0.1) is 12.6 Å². The Kier molecular flexibility index (Phi) is 5.15. The molecule has 0 radical (unpaired) electrons. The summed E-state index contributed by atoms with van der Waals surface area (Å²) < 4.78 is 0. The Morgan fingerprint density at radius 1 is 1.43 bits per heavy atom. The first-order chi connectivity index (χ1) is 6.81. The van der Waals surface area contributed by atoms with Crippen LogP contribution < -0.4 is 5.32 Å². The van der Waals surface area contributed by atoms with E-state index in [1.54, 1.807) is 11.3 Å². The smallest absolute Gasteiger partial charge is 0.0649 e. The van der Waals surface area contributed by atoms with Gasteiger partial charge in [0.1, 0.15) is 0 Å². The molecule has 0 amide bonds. The predicted octanol–water partition coefficient (Wildman–Crippen LogP) is 2.34. The Hall–Kier alpha value is -0.380. The van der Waals surface area contributed by atoms with Gasteiger partial charge in [0.2, 0.25) is 0 Å². The summed E-state index contributed by atoms with van der Waals surface area (Å²) in [6, 6.07) is 4.39. The highest BCUT2D eigenvalue weighted by atomic mass is 32.1. The second kappa shape index (κ2) is 6.17. The maximum absolute atomic E-state index is 9.23. The molecule has 14 heavy (non-hydrogen) atoms. The molecule has 1 unspecified atom stereocenters. The summed E-state index contributed by atoms with van der Waals surface area (Å²) >= 11 is 1.79. The first-order valence-electron chi connectivity index (χ1n) is 5.24. The molecule has 3 heteroatoms. The molecule has 0 aromatic carbocycles. The molecule has 1 rings (SSSR count). The van der Waals surface area contributed by atoms with Gasteiger partial charge in [0, 0.05) is 9.75 Å². The van der Waals surface area contributed by atoms with Crippen molar-refractivity contribution < 1.29 is 5.11 Å². The molecule has 80 valence electrons. The minimum Gasteiger partial charge on any atom is -0.394 e. The molecule has 1 aromatic rings. The third kappa shape index (κ3) is 3.08. The van der Waals surface area contributed by atoms with E-state index in [-0.39, 0.29) is 12.6 Å². The zero-order valence-electron chi connectivity index (χ0n) is 8.92. The Labute approximate surface area is 90.0 Å². The molecule has 0 aliphatic heterocycles. The van der Waals surface area contributed by atoms with Crippen LogP contribution in [0.4, 0.5) is 0 Å². The quantitative estimate of drug-likeness (QED) is 0.760. The molecule has 1 atom stereocenters. The second-order valence-electron chi connectivity index (χ2n) is 3.35. The third-order valence-corrected chi connectivity index (χ3v) is 3.54. The Morgan fingerprint density at radius 3 is 2.71 bits per heavy atom. The van der Waals surface area contributed by atoms with Crippen LogP contribution in [-0.2, 0) is 6.42 Å². The number of nitrogens with one attached hydrogen (secondary N) is 1. The van der Waals surface area contributed by atoms with E-state index in [0.29, 0.717) is 0 Å². The highest BCUT2D eigenvalue weighted by Crippen LogP contribution is 2.23. The van der Waals surface area contributed by atoms with E-state index < -0.39 is 0 Å². The molecule has 2 nitrogen and oxygen atoms in total. The molecule has 1 aromatic heterocycles. The first-order valence-corrected chi connectivity index (χ1v) is 6.06. The first kappa shape index (κ1) is 11.7. The normalized spacial score (nSPS) is 13.1. The average molecular weight is 213 g/mol. The minimum absolute atomic E-state index is 0.125. The summed E-state index contributed by atoms with van der Waals surface area (Å²) in [5, 5.41) is 12.6. The number of hydrogen-bond donors (Lipinski definition) is 2. The topological polar surface area (TPSA) is 32.3 Å². The van der Waals surface area contributed by atoms with E-state index in [1.165, 1.54) is 9.75 Å². The number of aryl methyl sites for hydroxylation is 1. The van der Waals surface area contributed by atoms with Gasteiger partial charge in [-0.15, -0.1) is 11.3 Å².